The zero-order chi connectivity index (χ0) is 28.0. The number of ether oxygens (including phenoxy) is 1. The molecule has 38 heavy (non-hydrogen) atoms. The Labute approximate surface area is 228 Å². The first-order valence-electron chi connectivity index (χ1n) is 11.3. The Morgan fingerprint density at radius 1 is 1.18 bits per heavy atom. The fourth-order valence-corrected chi connectivity index (χ4v) is 4.06. The smallest absolute Gasteiger partial charge is 0.385 e. The van der Waals surface area contributed by atoms with Gasteiger partial charge in [-0.25, -0.2) is 4.98 Å². The highest BCUT2D eigenvalue weighted by atomic mass is 79.9. The van der Waals surface area contributed by atoms with Crippen molar-refractivity contribution in [2.24, 2.45) is 0 Å². The first-order chi connectivity index (χ1) is 18.0. The Balaban J connectivity index is 0.000000934. The molecule has 1 N–H and O–H groups in total. The molecule has 1 atom stereocenters. The number of nitrogens with zero attached hydrogens (tertiary/aromatic N) is 3. The second kappa shape index (κ2) is 12.6. The van der Waals surface area contributed by atoms with Gasteiger partial charge in [-0.3, -0.25) is 14.3 Å². The fourth-order valence-electron chi connectivity index (χ4n) is 3.50. The van der Waals surface area contributed by atoms with Gasteiger partial charge >= 0.3 is 6.18 Å². The highest BCUT2D eigenvalue weighted by Gasteiger charge is 2.34. The first-order valence-corrected chi connectivity index (χ1v) is 12.7. The quantitative estimate of drug-likeness (QED) is 0.221. The van der Waals surface area contributed by atoms with Gasteiger partial charge in [0.15, 0.2) is 6.29 Å². The van der Waals surface area contributed by atoms with Crippen molar-refractivity contribution < 1.29 is 27.5 Å². The number of amides is 1. The fraction of sp³-hybridized carbons (Fsp3) is 0.231. The number of nitrogens with one attached hydrogen (secondary N) is 1. The van der Waals surface area contributed by atoms with Crippen molar-refractivity contribution >= 4 is 59.3 Å². The van der Waals surface area contributed by atoms with E-state index < -0.39 is 17.8 Å². The lowest BCUT2D eigenvalue weighted by molar-refractivity contribution is -0.140. The number of rotatable bonds is 6. The van der Waals surface area contributed by atoms with Crippen LogP contribution >= 0.6 is 25.2 Å². The molecule has 0 radical (unpaired) electrons. The van der Waals surface area contributed by atoms with Crippen molar-refractivity contribution in [2.75, 3.05) is 19.0 Å². The molecule has 0 aliphatic carbocycles. The number of carbonyl (C=O) groups excluding carboxylic acids is 2. The summed E-state index contributed by atoms with van der Waals surface area (Å²) in [6.45, 7) is 4.66. The van der Waals surface area contributed by atoms with Gasteiger partial charge in [0.1, 0.15) is 11.4 Å². The molecule has 2 aromatic carbocycles. The van der Waals surface area contributed by atoms with E-state index in [0.29, 0.717) is 22.5 Å². The lowest BCUT2D eigenvalue weighted by Crippen LogP contribution is -2.17. The van der Waals surface area contributed by atoms with E-state index in [2.05, 4.69) is 45.3 Å². The summed E-state index contributed by atoms with van der Waals surface area (Å²) in [5, 5.41) is 8.16. The summed E-state index contributed by atoms with van der Waals surface area (Å²) >= 11 is 3.27. The van der Waals surface area contributed by atoms with Crippen LogP contribution in [0.5, 0.6) is 0 Å². The SMILES string of the molecule is CCOC.Cc1nn(Cc2ccc(P)cc2)c(C=O)c1NC(=O)c1cc(C(F)(F)F)nc2ccc(Br)cc12. The van der Waals surface area contributed by atoms with Crippen LogP contribution < -0.4 is 10.6 Å². The number of benzene rings is 2. The van der Waals surface area contributed by atoms with Crippen LogP contribution in [0.2, 0.25) is 0 Å². The van der Waals surface area contributed by atoms with E-state index in [4.69, 9.17) is 0 Å². The van der Waals surface area contributed by atoms with Crippen LogP contribution in [0.3, 0.4) is 0 Å². The zero-order valence-corrected chi connectivity index (χ0v) is 23.5. The Hall–Kier alpha value is -3.14. The molecule has 4 rings (SSSR count). The van der Waals surface area contributed by atoms with Gasteiger partial charge in [-0.15, -0.1) is 9.24 Å². The molecule has 200 valence electrons. The number of halogens is 4. The number of methoxy groups -OCH3 is 1. The maximum absolute atomic E-state index is 13.4. The summed E-state index contributed by atoms with van der Waals surface area (Å²) in [6.07, 6.45) is -4.18. The number of hydrogen-bond donors (Lipinski definition) is 1. The summed E-state index contributed by atoms with van der Waals surface area (Å²) < 4.78 is 46.8. The van der Waals surface area contributed by atoms with Crippen LogP contribution in [0.4, 0.5) is 18.9 Å². The number of fused-ring (bicyclic) bond motifs is 1. The number of anilines is 1. The van der Waals surface area contributed by atoms with Crippen LogP contribution in [0, 0.1) is 6.92 Å². The lowest BCUT2D eigenvalue weighted by atomic mass is 10.1. The average molecular weight is 609 g/mol. The van der Waals surface area contributed by atoms with Crippen molar-refractivity contribution in [3.05, 3.63) is 81.2 Å². The number of aryl methyl sites for hydroxylation is 1. The summed E-state index contributed by atoms with van der Waals surface area (Å²) in [7, 11) is 4.26. The maximum Gasteiger partial charge on any atom is 0.433 e. The van der Waals surface area contributed by atoms with Crippen molar-refractivity contribution in [2.45, 2.75) is 26.6 Å². The molecular weight excluding hydrogens is 584 g/mol. The molecule has 1 amide bonds. The van der Waals surface area contributed by atoms with E-state index in [9.17, 15) is 22.8 Å². The standard InChI is InChI=1S/C23H17BrF3N4O2P.C3H8O/c1-12-21(19(11-32)31(30-12)10-13-2-5-15(34)6-3-13)29-22(33)17-9-20(23(25,26)27)28-18-7-4-14(24)8-16(17)18;1-3-4-2/h2-9,11H,10,34H2,1H3,(H,29,33);3H2,1-2H3. The first kappa shape index (κ1) is 29.4. The van der Waals surface area contributed by atoms with Crippen LogP contribution in [-0.2, 0) is 17.5 Å². The summed E-state index contributed by atoms with van der Waals surface area (Å²) in [5.74, 6) is -0.811. The van der Waals surface area contributed by atoms with E-state index in [-0.39, 0.29) is 34.4 Å². The van der Waals surface area contributed by atoms with Crippen LogP contribution in [0.1, 0.15) is 44.7 Å². The molecule has 0 bridgehead atoms. The topological polar surface area (TPSA) is 86.1 Å². The molecule has 2 heterocycles. The van der Waals surface area contributed by atoms with Gasteiger partial charge in [-0.05, 0) is 49.0 Å². The molecule has 2 aromatic heterocycles. The Kier molecular flexibility index (Phi) is 9.76. The zero-order valence-electron chi connectivity index (χ0n) is 20.8. The number of pyridine rings is 1. The predicted molar refractivity (Wildman–Crippen MR) is 147 cm³/mol. The Morgan fingerprint density at radius 2 is 1.84 bits per heavy atom. The van der Waals surface area contributed by atoms with Crippen molar-refractivity contribution in [3.63, 3.8) is 0 Å². The van der Waals surface area contributed by atoms with Gasteiger partial charge in [0.05, 0.1) is 29.0 Å². The monoisotopic (exact) mass is 608 g/mol. The molecule has 7 nitrogen and oxygen atoms in total. The number of aldehydes is 1. The molecule has 0 saturated heterocycles. The third-order valence-corrected chi connectivity index (χ3v) is 6.30. The molecule has 0 saturated carbocycles. The third-order valence-electron chi connectivity index (χ3n) is 5.42. The number of aromatic nitrogens is 3. The molecular formula is C26H25BrF3N4O3P. The molecule has 12 heteroatoms. The summed E-state index contributed by atoms with van der Waals surface area (Å²) in [5.41, 5.74) is 0.0891. The summed E-state index contributed by atoms with van der Waals surface area (Å²) in [4.78, 5) is 28.7. The molecule has 0 aliphatic rings. The number of carbonyl (C=O) groups is 2. The number of alkyl halides is 3. The number of hydrogen-bond acceptors (Lipinski definition) is 5. The average Bonchev–Trinajstić information content (AvgIpc) is 3.17. The minimum Gasteiger partial charge on any atom is -0.385 e. The van der Waals surface area contributed by atoms with Gasteiger partial charge in [0.25, 0.3) is 5.91 Å². The highest BCUT2D eigenvalue weighted by Crippen LogP contribution is 2.32. The van der Waals surface area contributed by atoms with E-state index in [1.165, 1.54) is 16.8 Å². The Bertz CT molecular complexity index is 1460. The van der Waals surface area contributed by atoms with Gasteiger partial charge in [0, 0.05) is 23.6 Å². The Morgan fingerprint density at radius 3 is 2.42 bits per heavy atom. The highest BCUT2D eigenvalue weighted by molar-refractivity contribution is 9.10. The van der Waals surface area contributed by atoms with E-state index in [1.54, 1.807) is 20.1 Å². The van der Waals surface area contributed by atoms with Crippen LogP contribution in [0.25, 0.3) is 10.9 Å². The second-order valence-electron chi connectivity index (χ2n) is 8.11. The van der Waals surface area contributed by atoms with E-state index in [0.717, 1.165) is 17.5 Å². The second-order valence-corrected chi connectivity index (χ2v) is 9.69. The molecule has 0 fully saturated rings. The lowest BCUT2D eigenvalue weighted by Gasteiger charge is -2.12. The van der Waals surface area contributed by atoms with Gasteiger partial charge in [0.2, 0.25) is 0 Å². The maximum atomic E-state index is 13.4. The van der Waals surface area contributed by atoms with Gasteiger partial charge in [-0.1, -0.05) is 40.2 Å². The molecule has 4 aromatic rings. The van der Waals surface area contributed by atoms with Gasteiger partial charge < -0.3 is 10.1 Å². The van der Waals surface area contributed by atoms with Crippen LogP contribution in [-0.4, -0.2) is 40.7 Å². The van der Waals surface area contributed by atoms with E-state index >= 15 is 0 Å². The third kappa shape index (κ3) is 7.03. The van der Waals surface area contributed by atoms with Crippen molar-refractivity contribution in [1.29, 1.82) is 0 Å². The van der Waals surface area contributed by atoms with Crippen LogP contribution in [0.15, 0.2) is 53.0 Å². The minimum absolute atomic E-state index is 0.0173. The summed E-state index contributed by atoms with van der Waals surface area (Å²) in [6, 6.07) is 12.7. The minimum atomic E-state index is -4.74. The van der Waals surface area contributed by atoms with Crippen molar-refractivity contribution in [1.82, 2.24) is 14.8 Å². The predicted octanol–water partition coefficient (Wildman–Crippen LogP) is 5.79. The normalized spacial score (nSPS) is 11.2. The van der Waals surface area contributed by atoms with Gasteiger partial charge in [-0.2, -0.15) is 18.3 Å². The molecule has 0 spiro atoms. The largest absolute Gasteiger partial charge is 0.433 e. The molecule has 0 aliphatic heterocycles. The van der Waals surface area contributed by atoms with Crippen molar-refractivity contribution in [3.8, 4) is 0 Å². The molecule has 1 unspecified atom stereocenters. The van der Waals surface area contributed by atoms with E-state index in [1.807, 2.05) is 31.2 Å².